The summed E-state index contributed by atoms with van der Waals surface area (Å²) in [6.07, 6.45) is 1.75. The summed E-state index contributed by atoms with van der Waals surface area (Å²) in [4.78, 5) is 0. The topological polar surface area (TPSA) is 0 Å². The molecular weight excluding hydrogens is 132 g/mol. The van der Waals surface area contributed by atoms with E-state index in [1.165, 1.54) is 11.1 Å². The number of hydrogen-bond acceptors (Lipinski definition) is 0. The lowest BCUT2D eigenvalue weighted by molar-refractivity contribution is 1.34. The zero-order valence-corrected chi connectivity index (χ0v) is 7.59. The van der Waals surface area contributed by atoms with Gasteiger partial charge in [-0.2, -0.15) is 0 Å². The first-order valence-corrected chi connectivity index (χ1v) is 3.81. The highest BCUT2D eigenvalue weighted by Gasteiger charge is 1.83. The maximum Gasteiger partial charge on any atom is -0.0395 e. The van der Waals surface area contributed by atoms with Crippen LogP contribution in [-0.2, 0) is 0 Å². The van der Waals surface area contributed by atoms with Crippen molar-refractivity contribution < 1.29 is 0 Å². The normalized spacial score (nSPS) is 7.91. The monoisotopic (exact) mass is 148 g/mol. The second-order valence-corrected chi connectivity index (χ2v) is 2.49. The van der Waals surface area contributed by atoms with Gasteiger partial charge in [-0.25, -0.2) is 0 Å². The molecule has 1 rings (SSSR count). The van der Waals surface area contributed by atoms with E-state index in [9.17, 15) is 0 Å². The highest BCUT2D eigenvalue weighted by Crippen LogP contribution is 2.02. The molecule has 0 aromatic heterocycles. The largest absolute Gasteiger partial charge is 0.103 e. The van der Waals surface area contributed by atoms with Gasteiger partial charge in [-0.3, -0.25) is 0 Å². The van der Waals surface area contributed by atoms with Crippen LogP contribution < -0.4 is 0 Å². The quantitative estimate of drug-likeness (QED) is 0.494. The Kier molecular flexibility index (Phi) is 5.18. The fourth-order valence-corrected chi connectivity index (χ4v) is 0.663. The average molecular weight is 148 g/mol. The van der Waals surface area contributed by atoms with E-state index in [0.717, 1.165) is 0 Å². The van der Waals surface area contributed by atoms with E-state index in [-0.39, 0.29) is 0 Å². The van der Waals surface area contributed by atoms with Crippen molar-refractivity contribution in [3.8, 4) is 0 Å². The molecule has 0 amide bonds. The average Bonchev–Trinajstić information content (AvgIpc) is 1.97. The van der Waals surface area contributed by atoms with Gasteiger partial charge in [0.2, 0.25) is 0 Å². The highest BCUT2D eigenvalue weighted by atomic mass is 13.9. The minimum Gasteiger partial charge on any atom is -0.103 e. The molecule has 0 spiro atoms. The van der Waals surface area contributed by atoms with Crippen LogP contribution in [0.15, 0.2) is 36.9 Å². The molecule has 0 N–H and O–H groups in total. The van der Waals surface area contributed by atoms with Crippen LogP contribution >= 0.6 is 0 Å². The molecule has 11 heavy (non-hydrogen) atoms. The second-order valence-electron chi connectivity index (χ2n) is 2.49. The minimum absolute atomic E-state index is 1.37. The maximum absolute atomic E-state index is 3.36. The smallest absolute Gasteiger partial charge is 0.0395 e. The summed E-state index contributed by atoms with van der Waals surface area (Å²) < 4.78 is 0. The molecule has 0 bridgehead atoms. The van der Waals surface area contributed by atoms with Crippen LogP contribution in [0.3, 0.4) is 0 Å². The number of hydrogen-bond donors (Lipinski definition) is 0. The second kappa shape index (κ2) is 5.72. The Morgan fingerprint density at radius 2 is 1.36 bits per heavy atom. The lowest BCUT2D eigenvalue weighted by atomic mass is 10.1. The van der Waals surface area contributed by atoms with Gasteiger partial charge in [-0.1, -0.05) is 30.3 Å². The van der Waals surface area contributed by atoms with Gasteiger partial charge in [0.05, 0.1) is 0 Å². The number of benzene rings is 1. The van der Waals surface area contributed by atoms with Crippen LogP contribution in [0.4, 0.5) is 0 Å². The molecule has 0 saturated heterocycles. The van der Waals surface area contributed by atoms with Gasteiger partial charge in [-0.15, -0.1) is 6.58 Å². The molecule has 0 aliphatic rings. The van der Waals surface area contributed by atoms with E-state index in [2.05, 4.69) is 44.7 Å². The van der Waals surface area contributed by atoms with Gasteiger partial charge < -0.3 is 0 Å². The van der Waals surface area contributed by atoms with E-state index in [0.29, 0.717) is 0 Å². The van der Waals surface area contributed by atoms with Crippen molar-refractivity contribution in [2.45, 2.75) is 20.8 Å². The van der Waals surface area contributed by atoms with Gasteiger partial charge in [0, 0.05) is 0 Å². The van der Waals surface area contributed by atoms with Gasteiger partial charge in [0.15, 0.2) is 0 Å². The SMILES string of the molecule is C=CC.Cc1ccccc1C. The fourth-order valence-electron chi connectivity index (χ4n) is 0.663. The number of aryl methyl sites for hydroxylation is 2. The summed E-state index contributed by atoms with van der Waals surface area (Å²) in [5.74, 6) is 0. The lowest BCUT2D eigenvalue weighted by Gasteiger charge is -1.93. The molecule has 0 aliphatic carbocycles. The molecule has 0 heterocycles. The summed E-state index contributed by atoms with van der Waals surface area (Å²) >= 11 is 0. The van der Waals surface area contributed by atoms with Crippen molar-refractivity contribution >= 4 is 0 Å². The van der Waals surface area contributed by atoms with E-state index in [1.54, 1.807) is 6.08 Å². The Bertz CT molecular complexity index is 190. The molecule has 0 nitrogen and oxygen atoms in total. The van der Waals surface area contributed by atoms with Crippen molar-refractivity contribution in [1.82, 2.24) is 0 Å². The van der Waals surface area contributed by atoms with Crippen molar-refractivity contribution in [1.29, 1.82) is 0 Å². The van der Waals surface area contributed by atoms with Crippen LogP contribution in [0.1, 0.15) is 18.1 Å². The summed E-state index contributed by atoms with van der Waals surface area (Å²) in [6.45, 7) is 9.49. The van der Waals surface area contributed by atoms with E-state index >= 15 is 0 Å². The van der Waals surface area contributed by atoms with Crippen molar-refractivity contribution in [3.05, 3.63) is 48.0 Å². The van der Waals surface area contributed by atoms with Crippen LogP contribution in [0.25, 0.3) is 0 Å². The number of rotatable bonds is 0. The molecule has 0 fully saturated rings. The van der Waals surface area contributed by atoms with Crippen molar-refractivity contribution in [3.63, 3.8) is 0 Å². The molecule has 0 heteroatoms. The van der Waals surface area contributed by atoms with Gasteiger partial charge in [0.1, 0.15) is 0 Å². The zero-order valence-electron chi connectivity index (χ0n) is 7.59. The van der Waals surface area contributed by atoms with Gasteiger partial charge >= 0.3 is 0 Å². The molecule has 1 aromatic rings. The first kappa shape index (κ1) is 9.96. The molecule has 0 unspecified atom stereocenters. The Hall–Kier alpha value is -1.04. The molecular formula is C11H16. The summed E-state index contributed by atoms with van der Waals surface area (Å²) in [7, 11) is 0. The van der Waals surface area contributed by atoms with Crippen LogP contribution in [-0.4, -0.2) is 0 Å². The predicted octanol–water partition coefficient (Wildman–Crippen LogP) is 3.50. The van der Waals surface area contributed by atoms with Crippen LogP contribution in [0.2, 0.25) is 0 Å². The molecule has 1 aromatic carbocycles. The highest BCUT2D eigenvalue weighted by molar-refractivity contribution is 5.23. The van der Waals surface area contributed by atoms with E-state index < -0.39 is 0 Å². The predicted molar refractivity (Wildman–Crippen MR) is 51.8 cm³/mol. The molecule has 0 atom stereocenters. The first-order valence-electron chi connectivity index (χ1n) is 3.81. The Balaban J connectivity index is 0.000000292. The van der Waals surface area contributed by atoms with Crippen molar-refractivity contribution in [2.24, 2.45) is 0 Å². The maximum atomic E-state index is 3.36. The molecule has 60 valence electrons. The van der Waals surface area contributed by atoms with Crippen LogP contribution in [0, 0.1) is 13.8 Å². The van der Waals surface area contributed by atoms with Gasteiger partial charge in [-0.05, 0) is 31.9 Å². The Morgan fingerprint density at radius 1 is 1.09 bits per heavy atom. The van der Waals surface area contributed by atoms with Crippen molar-refractivity contribution in [2.75, 3.05) is 0 Å². The standard InChI is InChI=1S/C8H10.C3H6/c1-7-5-3-4-6-8(7)2;1-3-2/h3-6H,1-2H3;3H,1H2,2H3. The lowest BCUT2D eigenvalue weighted by Crippen LogP contribution is -1.74. The zero-order chi connectivity index (χ0) is 8.69. The minimum atomic E-state index is 1.37. The molecule has 0 aliphatic heterocycles. The summed E-state index contributed by atoms with van der Waals surface area (Å²) in [6, 6.07) is 8.36. The Morgan fingerprint density at radius 3 is 1.55 bits per heavy atom. The third kappa shape index (κ3) is 4.38. The van der Waals surface area contributed by atoms with Gasteiger partial charge in [0.25, 0.3) is 0 Å². The summed E-state index contributed by atoms with van der Waals surface area (Å²) in [5, 5.41) is 0. The fraction of sp³-hybridized carbons (Fsp3) is 0.273. The molecule has 0 radical (unpaired) electrons. The van der Waals surface area contributed by atoms with E-state index in [1.807, 2.05) is 6.92 Å². The first-order chi connectivity index (χ1) is 5.22. The van der Waals surface area contributed by atoms with Crippen LogP contribution in [0.5, 0.6) is 0 Å². The third-order valence-electron chi connectivity index (χ3n) is 1.43. The Labute approximate surface area is 69.6 Å². The van der Waals surface area contributed by atoms with E-state index in [4.69, 9.17) is 0 Å². The number of allylic oxidation sites excluding steroid dienone is 1. The summed E-state index contributed by atoms with van der Waals surface area (Å²) in [5.41, 5.74) is 2.74. The third-order valence-corrected chi connectivity index (χ3v) is 1.43. The molecule has 0 saturated carbocycles.